The molecule has 2 N–H and O–H groups in total. The van der Waals surface area contributed by atoms with Gasteiger partial charge in [0, 0.05) is 12.2 Å². The lowest BCUT2D eigenvalue weighted by molar-refractivity contribution is -0.127. The van der Waals surface area contributed by atoms with Gasteiger partial charge in [-0.15, -0.1) is 0 Å². The van der Waals surface area contributed by atoms with Crippen molar-refractivity contribution in [1.82, 2.24) is 9.62 Å². The van der Waals surface area contributed by atoms with E-state index in [0.717, 1.165) is 23.1 Å². The molecule has 0 radical (unpaired) electrons. The smallest absolute Gasteiger partial charge is 0.243 e. The first kappa shape index (κ1) is 23.0. The quantitative estimate of drug-likeness (QED) is 0.718. The molecule has 7 nitrogen and oxygen atoms in total. The van der Waals surface area contributed by atoms with Gasteiger partial charge >= 0.3 is 0 Å². The van der Waals surface area contributed by atoms with Gasteiger partial charge in [0.1, 0.15) is 6.04 Å². The summed E-state index contributed by atoms with van der Waals surface area (Å²) in [7, 11) is -3.80. The molecule has 0 saturated carbocycles. The van der Waals surface area contributed by atoms with E-state index in [4.69, 9.17) is 0 Å². The molecule has 0 aliphatic carbocycles. The highest BCUT2D eigenvalue weighted by Gasteiger charge is 2.37. The molecule has 0 spiro atoms. The second-order valence-corrected chi connectivity index (χ2v) is 9.84. The predicted molar refractivity (Wildman–Crippen MR) is 120 cm³/mol. The molecule has 0 aromatic heterocycles. The van der Waals surface area contributed by atoms with Crippen LogP contribution in [0.4, 0.5) is 5.69 Å². The molecule has 1 unspecified atom stereocenters. The minimum atomic E-state index is -3.80. The standard InChI is InChI=1S/C23H29N3O4S/c1-16-10-12-19(13-11-16)31(29,30)26-14-5-4-9-21(26)23(28)24-15-22(27)25-20-8-6-7-17(2)18(20)3/h6-8,10-13,21H,4-5,9,14-15H2,1-3H3,(H,24,28)(H,25,27). The molecule has 1 aliphatic rings. The van der Waals surface area contributed by atoms with Crippen molar-refractivity contribution in [2.24, 2.45) is 0 Å². The maximum atomic E-state index is 13.1. The van der Waals surface area contributed by atoms with E-state index >= 15 is 0 Å². The summed E-state index contributed by atoms with van der Waals surface area (Å²) in [6, 6.07) is 11.4. The number of rotatable bonds is 6. The Balaban J connectivity index is 1.67. The second-order valence-electron chi connectivity index (χ2n) is 7.95. The van der Waals surface area contributed by atoms with Crippen molar-refractivity contribution in [2.45, 2.75) is 51.0 Å². The van der Waals surface area contributed by atoms with Crippen LogP contribution in [0.15, 0.2) is 47.4 Å². The first-order valence-corrected chi connectivity index (χ1v) is 11.9. The highest BCUT2D eigenvalue weighted by Crippen LogP contribution is 2.26. The fraction of sp³-hybridized carbons (Fsp3) is 0.391. The van der Waals surface area contributed by atoms with E-state index in [9.17, 15) is 18.0 Å². The lowest BCUT2D eigenvalue weighted by Gasteiger charge is -2.33. The van der Waals surface area contributed by atoms with Crippen LogP contribution in [0.25, 0.3) is 0 Å². The summed E-state index contributed by atoms with van der Waals surface area (Å²) in [5.74, 6) is -0.808. The van der Waals surface area contributed by atoms with Crippen LogP contribution in [0.5, 0.6) is 0 Å². The minimum Gasteiger partial charge on any atom is -0.346 e. The molecular formula is C23H29N3O4S. The van der Waals surface area contributed by atoms with Crippen molar-refractivity contribution in [3.8, 4) is 0 Å². The van der Waals surface area contributed by atoms with Gasteiger partial charge < -0.3 is 10.6 Å². The number of sulfonamides is 1. The third kappa shape index (κ3) is 5.32. The highest BCUT2D eigenvalue weighted by atomic mass is 32.2. The fourth-order valence-corrected chi connectivity index (χ4v) is 5.32. The lowest BCUT2D eigenvalue weighted by atomic mass is 10.0. The number of anilines is 1. The van der Waals surface area contributed by atoms with Gasteiger partial charge in [0.05, 0.1) is 11.4 Å². The molecule has 31 heavy (non-hydrogen) atoms. The third-order valence-electron chi connectivity index (χ3n) is 5.69. The topological polar surface area (TPSA) is 95.6 Å². The zero-order valence-corrected chi connectivity index (χ0v) is 19.0. The van der Waals surface area contributed by atoms with Crippen LogP contribution >= 0.6 is 0 Å². The number of piperidine rings is 1. The predicted octanol–water partition coefficient (Wildman–Crippen LogP) is 2.91. The Morgan fingerprint density at radius 2 is 1.74 bits per heavy atom. The molecular weight excluding hydrogens is 414 g/mol. The van der Waals surface area contributed by atoms with Gasteiger partial charge in [0.25, 0.3) is 0 Å². The Bertz CT molecular complexity index is 1060. The van der Waals surface area contributed by atoms with Gasteiger partial charge in [-0.05, 0) is 62.9 Å². The van der Waals surface area contributed by atoms with E-state index in [1.54, 1.807) is 30.3 Å². The Labute approximate surface area is 183 Å². The van der Waals surface area contributed by atoms with Gasteiger partial charge in [-0.3, -0.25) is 9.59 Å². The van der Waals surface area contributed by atoms with E-state index < -0.39 is 22.0 Å². The number of hydrogen-bond acceptors (Lipinski definition) is 4. The molecule has 1 saturated heterocycles. The second kappa shape index (κ2) is 9.62. The molecule has 8 heteroatoms. The Morgan fingerprint density at radius 1 is 1.03 bits per heavy atom. The van der Waals surface area contributed by atoms with Gasteiger partial charge in [0.15, 0.2) is 0 Å². The first-order valence-electron chi connectivity index (χ1n) is 10.4. The molecule has 1 fully saturated rings. The zero-order chi connectivity index (χ0) is 22.6. The van der Waals surface area contributed by atoms with Crippen LogP contribution in [0.3, 0.4) is 0 Å². The summed E-state index contributed by atoms with van der Waals surface area (Å²) >= 11 is 0. The third-order valence-corrected chi connectivity index (χ3v) is 7.61. The maximum absolute atomic E-state index is 13.1. The van der Waals surface area contributed by atoms with Crippen LogP contribution in [0.1, 0.15) is 36.0 Å². The molecule has 2 aromatic rings. The van der Waals surface area contributed by atoms with E-state index in [0.29, 0.717) is 18.5 Å². The SMILES string of the molecule is Cc1ccc(S(=O)(=O)N2CCCCC2C(=O)NCC(=O)Nc2cccc(C)c2C)cc1. The monoisotopic (exact) mass is 443 g/mol. The number of nitrogens with one attached hydrogen (secondary N) is 2. The number of nitrogens with zero attached hydrogens (tertiary/aromatic N) is 1. The average molecular weight is 444 g/mol. The summed E-state index contributed by atoms with van der Waals surface area (Å²) in [4.78, 5) is 25.3. The van der Waals surface area contributed by atoms with E-state index in [-0.39, 0.29) is 23.9 Å². The first-order chi connectivity index (χ1) is 14.7. The number of hydrogen-bond donors (Lipinski definition) is 2. The van der Waals surface area contributed by atoms with Crippen molar-refractivity contribution in [1.29, 1.82) is 0 Å². The lowest BCUT2D eigenvalue weighted by Crippen LogP contribution is -2.52. The van der Waals surface area contributed by atoms with E-state index in [1.807, 2.05) is 32.9 Å². The Hall–Kier alpha value is -2.71. The molecule has 1 heterocycles. The summed E-state index contributed by atoms with van der Waals surface area (Å²) in [6.07, 6.45) is 1.88. The van der Waals surface area contributed by atoms with Crippen molar-refractivity contribution in [2.75, 3.05) is 18.4 Å². The normalized spacial score (nSPS) is 17.2. The summed E-state index contributed by atoms with van der Waals surface area (Å²) in [5.41, 5.74) is 3.67. The van der Waals surface area contributed by atoms with Gasteiger partial charge in [-0.2, -0.15) is 4.31 Å². The minimum absolute atomic E-state index is 0.172. The summed E-state index contributed by atoms with van der Waals surface area (Å²) < 4.78 is 27.5. The fourth-order valence-electron chi connectivity index (χ4n) is 3.67. The van der Waals surface area contributed by atoms with Crippen LogP contribution in [-0.4, -0.2) is 43.7 Å². The number of carbonyl (C=O) groups is 2. The largest absolute Gasteiger partial charge is 0.346 e. The van der Waals surface area contributed by atoms with Crippen LogP contribution in [0, 0.1) is 20.8 Å². The van der Waals surface area contributed by atoms with Crippen LogP contribution < -0.4 is 10.6 Å². The molecule has 0 bridgehead atoms. The molecule has 166 valence electrons. The number of amides is 2. The molecule has 1 aliphatic heterocycles. The van der Waals surface area contributed by atoms with Gasteiger partial charge in [0.2, 0.25) is 21.8 Å². The Kier molecular flexibility index (Phi) is 7.12. The van der Waals surface area contributed by atoms with Crippen LogP contribution in [0.2, 0.25) is 0 Å². The molecule has 3 rings (SSSR count). The van der Waals surface area contributed by atoms with Gasteiger partial charge in [-0.25, -0.2) is 8.42 Å². The zero-order valence-electron chi connectivity index (χ0n) is 18.1. The van der Waals surface area contributed by atoms with Crippen molar-refractivity contribution >= 4 is 27.5 Å². The van der Waals surface area contributed by atoms with E-state index in [1.165, 1.54) is 4.31 Å². The number of carbonyl (C=O) groups excluding carboxylic acids is 2. The van der Waals surface area contributed by atoms with Gasteiger partial charge in [-0.1, -0.05) is 36.2 Å². The Morgan fingerprint density at radius 3 is 2.45 bits per heavy atom. The molecule has 2 amide bonds. The van der Waals surface area contributed by atoms with Crippen LogP contribution in [-0.2, 0) is 19.6 Å². The van der Waals surface area contributed by atoms with Crippen molar-refractivity contribution in [3.05, 3.63) is 59.2 Å². The van der Waals surface area contributed by atoms with E-state index in [2.05, 4.69) is 10.6 Å². The maximum Gasteiger partial charge on any atom is 0.243 e. The molecule has 1 atom stereocenters. The molecule has 2 aromatic carbocycles. The summed E-state index contributed by atoms with van der Waals surface area (Å²) in [5, 5.41) is 5.41. The summed E-state index contributed by atoms with van der Waals surface area (Å²) in [6.45, 7) is 5.82. The number of benzene rings is 2. The highest BCUT2D eigenvalue weighted by molar-refractivity contribution is 7.89. The average Bonchev–Trinajstić information content (AvgIpc) is 2.75. The van der Waals surface area contributed by atoms with Crippen molar-refractivity contribution in [3.63, 3.8) is 0 Å². The number of aryl methyl sites for hydroxylation is 2. The van der Waals surface area contributed by atoms with Crippen molar-refractivity contribution < 1.29 is 18.0 Å².